The van der Waals surface area contributed by atoms with Crippen LogP contribution < -0.4 is 5.32 Å². The molecule has 3 aromatic rings. The summed E-state index contributed by atoms with van der Waals surface area (Å²) in [7, 11) is 0. The van der Waals surface area contributed by atoms with Crippen molar-refractivity contribution in [2.24, 2.45) is 0 Å². The molecular formula is C30H29ClN4O4. The monoisotopic (exact) mass is 544 g/mol. The third-order valence-corrected chi connectivity index (χ3v) is 7.64. The number of ether oxygens (including phenoxy) is 1. The van der Waals surface area contributed by atoms with E-state index in [-0.39, 0.29) is 17.9 Å². The maximum Gasteiger partial charge on any atom is 0.409 e. The molecule has 0 atom stereocenters. The van der Waals surface area contributed by atoms with Crippen molar-refractivity contribution in [3.8, 4) is 11.3 Å². The Kier molecular flexibility index (Phi) is 6.95. The Hall–Kier alpha value is -3.91. The van der Waals surface area contributed by atoms with Gasteiger partial charge in [-0.05, 0) is 49.6 Å². The first-order valence-electron chi connectivity index (χ1n) is 13.3. The smallest absolute Gasteiger partial charge is 0.409 e. The van der Waals surface area contributed by atoms with Crippen LogP contribution in [0.5, 0.6) is 0 Å². The zero-order valence-corrected chi connectivity index (χ0v) is 22.2. The van der Waals surface area contributed by atoms with E-state index in [0.717, 1.165) is 36.6 Å². The molecule has 0 bridgehead atoms. The van der Waals surface area contributed by atoms with Gasteiger partial charge in [0.25, 0.3) is 11.8 Å². The summed E-state index contributed by atoms with van der Waals surface area (Å²) < 4.78 is 5.36. The van der Waals surface area contributed by atoms with Crippen LogP contribution in [0.1, 0.15) is 46.4 Å². The average molecular weight is 545 g/mol. The molecule has 0 unspecified atom stereocenters. The van der Waals surface area contributed by atoms with Gasteiger partial charge in [-0.25, -0.2) is 9.78 Å². The van der Waals surface area contributed by atoms with Gasteiger partial charge in [0, 0.05) is 60.7 Å². The van der Waals surface area contributed by atoms with Crippen molar-refractivity contribution < 1.29 is 19.1 Å². The Labute approximate surface area is 231 Å². The van der Waals surface area contributed by atoms with Crippen LogP contribution in [0.4, 0.5) is 4.79 Å². The first kappa shape index (κ1) is 25.4. The molecule has 2 heterocycles. The minimum Gasteiger partial charge on any atom is -0.449 e. The molecule has 200 valence electrons. The van der Waals surface area contributed by atoms with Gasteiger partial charge >= 0.3 is 6.09 Å². The number of hydrogen-bond acceptors (Lipinski definition) is 5. The van der Waals surface area contributed by atoms with E-state index in [4.69, 9.17) is 21.3 Å². The topological polar surface area (TPSA) is 91.8 Å². The van der Waals surface area contributed by atoms with E-state index >= 15 is 0 Å². The second kappa shape index (κ2) is 10.7. The molecule has 8 nitrogen and oxygen atoms in total. The number of benzene rings is 2. The zero-order valence-electron chi connectivity index (χ0n) is 21.5. The Balaban J connectivity index is 1.12. The maximum atomic E-state index is 13.3. The van der Waals surface area contributed by atoms with Crippen LogP contribution >= 0.6 is 11.6 Å². The lowest BCUT2D eigenvalue weighted by molar-refractivity contribution is 0.0563. The Morgan fingerprint density at radius 1 is 0.949 bits per heavy atom. The number of carbonyl (C=O) groups is 3. The zero-order chi connectivity index (χ0) is 26.9. The lowest BCUT2D eigenvalue weighted by Gasteiger charge is -2.34. The minimum atomic E-state index is -0.322. The number of amides is 3. The molecule has 9 heteroatoms. The third-order valence-electron chi connectivity index (χ3n) is 7.33. The molecule has 1 saturated carbocycles. The molecule has 39 heavy (non-hydrogen) atoms. The van der Waals surface area contributed by atoms with Crippen molar-refractivity contribution >= 4 is 40.4 Å². The van der Waals surface area contributed by atoms with Gasteiger partial charge < -0.3 is 19.9 Å². The highest BCUT2D eigenvalue weighted by Gasteiger charge is 2.26. The summed E-state index contributed by atoms with van der Waals surface area (Å²) in [6.07, 6.45) is 5.72. The number of halogens is 1. The molecule has 2 aliphatic carbocycles. The number of hydrogen-bond donors (Lipinski definition) is 1. The van der Waals surface area contributed by atoms with Gasteiger partial charge in [-0.1, -0.05) is 41.4 Å². The molecule has 0 radical (unpaired) electrons. The predicted molar refractivity (Wildman–Crippen MR) is 149 cm³/mol. The van der Waals surface area contributed by atoms with Crippen molar-refractivity contribution in [2.75, 3.05) is 32.8 Å². The lowest BCUT2D eigenvalue weighted by Crippen LogP contribution is -2.50. The maximum absolute atomic E-state index is 13.3. The van der Waals surface area contributed by atoms with E-state index in [2.05, 4.69) is 11.4 Å². The summed E-state index contributed by atoms with van der Waals surface area (Å²) in [5.41, 5.74) is 4.57. The molecule has 2 fully saturated rings. The fourth-order valence-corrected chi connectivity index (χ4v) is 4.93. The molecule has 3 amide bonds. The van der Waals surface area contributed by atoms with Gasteiger partial charge in [0.2, 0.25) is 0 Å². The van der Waals surface area contributed by atoms with E-state index in [1.54, 1.807) is 40.1 Å². The summed E-state index contributed by atoms with van der Waals surface area (Å²) in [4.78, 5) is 46.1. The van der Waals surface area contributed by atoms with Crippen molar-refractivity contribution in [1.82, 2.24) is 20.1 Å². The van der Waals surface area contributed by atoms with Gasteiger partial charge in [0.05, 0.1) is 22.8 Å². The molecule has 0 spiro atoms. The van der Waals surface area contributed by atoms with E-state index in [0.29, 0.717) is 66.2 Å². The van der Waals surface area contributed by atoms with Gasteiger partial charge in [0.1, 0.15) is 0 Å². The first-order valence-corrected chi connectivity index (χ1v) is 13.7. The number of nitrogens with one attached hydrogen (secondary N) is 1. The van der Waals surface area contributed by atoms with Crippen molar-refractivity contribution in [3.05, 3.63) is 76.3 Å². The molecule has 1 aromatic heterocycles. The van der Waals surface area contributed by atoms with Gasteiger partial charge in [0.15, 0.2) is 0 Å². The Bertz CT molecular complexity index is 1470. The van der Waals surface area contributed by atoms with Gasteiger partial charge in [-0.2, -0.15) is 0 Å². The number of nitrogens with zero attached hydrogens (tertiary/aromatic N) is 3. The van der Waals surface area contributed by atoms with Gasteiger partial charge in [-0.15, -0.1) is 0 Å². The summed E-state index contributed by atoms with van der Waals surface area (Å²) >= 11 is 6.59. The van der Waals surface area contributed by atoms with E-state index in [9.17, 15) is 14.4 Å². The Morgan fingerprint density at radius 2 is 1.64 bits per heavy atom. The van der Waals surface area contributed by atoms with Crippen molar-refractivity contribution in [1.29, 1.82) is 0 Å². The molecular weight excluding hydrogens is 516 g/mol. The first-order chi connectivity index (χ1) is 18.9. The van der Waals surface area contributed by atoms with E-state index in [1.165, 1.54) is 5.57 Å². The van der Waals surface area contributed by atoms with Crippen LogP contribution in [0.2, 0.25) is 5.02 Å². The van der Waals surface area contributed by atoms with Crippen LogP contribution in [0.25, 0.3) is 22.2 Å². The highest BCUT2D eigenvalue weighted by atomic mass is 35.5. The molecule has 1 saturated heterocycles. The summed E-state index contributed by atoms with van der Waals surface area (Å²) in [5.74, 6) is -0.180. The fraction of sp³-hybridized carbons (Fsp3) is 0.333. The standard InChI is InChI=1S/C30H29ClN4O4/c31-25-18-26(20-3-5-21(6-4-20)28(36)32-23-8-9-23)33-27-17-22(7-10-24(25)27)29(37)34-12-14-35(15-13-34)30(38)39-16-11-19-1-2-19/h1,3-7,10,17-18,23H,2,8-9,11-16H2,(H,32,36). The number of rotatable bonds is 7. The van der Waals surface area contributed by atoms with Crippen molar-refractivity contribution in [3.63, 3.8) is 0 Å². The number of piperazine rings is 1. The van der Waals surface area contributed by atoms with Crippen LogP contribution in [-0.2, 0) is 4.74 Å². The molecule has 1 N–H and O–H groups in total. The second-order valence-electron chi connectivity index (χ2n) is 10.3. The summed E-state index contributed by atoms with van der Waals surface area (Å²) in [6, 6.07) is 14.7. The third kappa shape index (κ3) is 5.91. The predicted octanol–water partition coefficient (Wildman–Crippen LogP) is 5.06. The molecule has 6 rings (SSSR count). The van der Waals surface area contributed by atoms with Gasteiger partial charge in [-0.3, -0.25) is 9.59 Å². The number of aromatic nitrogens is 1. The number of carbonyl (C=O) groups excluding carboxylic acids is 3. The fourth-order valence-electron chi connectivity index (χ4n) is 4.67. The van der Waals surface area contributed by atoms with E-state index < -0.39 is 0 Å². The van der Waals surface area contributed by atoms with Crippen LogP contribution in [0.15, 0.2) is 60.2 Å². The number of fused-ring (bicyclic) bond motifs is 1. The normalized spacial score (nSPS) is 16.6. The second-order valence-corrected chi connectivity index (χ2v) is 10.7. The molecule has 3 aliphatic rings. The number of allylic oxidation sites excluding steroid dienone is 1. The highest BCUT2D eigenvalue weighted by molar-refractivity contribution is 6.35. The summed E-state index contributed by atoms with van der Waals surface area (Å²) in [5, 5.41) is 4.28. The van der Waals surface area contributed by atoms with E-state index in [1.807, 2.05) is 18.2 Å². The average Bonchev–Trinajstić information content (AvgIpc) is 3.90. The highest BCUT2D eigenvalue weighted by Crippen LogP contribution is 2.30. The quantitative estimate of drug-likeness (QED) is 0.420. The van der Waals surface area contributed by atoms with Crippen LogP contribution in [-0.4, -0.2) is 71.5 Å². The Morgan fingerprint density at radius 3 is 2.33 bits per heavy atom. The molecule has 2 aromatic carbocycles. The van der Waals surface area contributed by atoms with Crippen molar-refractivity contribution in [2.45, 2.75) is 31.7 Å². The minimum absolute atomic E-state index is 0.0686. The number of pyridine rings is 1. The lowest BCUT2D eigenvalue weighted by atomic mass is 10.1. The summed E-state index contributed by atoms with van der Waals surface area (Å²) in [6.45, 7) is 2.14. The van der Waals surface area contributed by atoms with Crippen LogP contribution in [0, 0.1) is 0 Å². The SMILES string of the molecule is O=C(NC1CC1)c1ccc(-c2cc(Cl)c3ccc(C(=O)N4CCN(C(=O)OCCC5=CC5)CC4)cc3n2)cc1. The largest absolute Gasteiger partial charge is 0.449 e. The molecule has 1 aliphatic heterocycles. The van der Waals surface area contributed by atoms with Crippen LogP contribution in [0.3, 0.4) is 0 Å².